The van der Waals surface area contributed by atoms with Gasteiger partial charge in [0.05, 0.1) is 0 Å². The number of rotatable bonds is 4. The molecule has 0 N–H and O–H groups in total. The highest BCUT2D eigenvalue weighted by molar-refractivity contribution is 5.65. The summed E-state index contributed by atoms with van der Waals surface area (Å²) in [6, 6.07) is 18.2. The van der Waals surface area contributed by atoms with Crippen LogP contribution in [0.15, 0.2) is 54.1 Å². The van der Waals surface area contributed by atoms with Gasteiger partial charge in [-0.25, -0.2) is 0 Å². The molecule has 2 aromatic carbocycles. The molecule has 1 saturated carbocycles. The van der Waals surface area contributed by atoms with Gasteiger partial charge >= 0.3 is 0 Å². The summed E-state index contributed by atoms with van der Waals surface area (Å²) < 4.78 is 0. The summed E-state index contributed by atoms with van der Waals surface area (Å²) in [6.07, 6.45) is 11.8. The van der Waals surface area contributed by atoms with Crippen molar-refractivity contribution in [1.29, 1.82) is 0 Å². The zero-order valence-electron chi connectivity index (χ0n) is 15.7. The molecule has 0 spiro atoms. The van der Waals surface area contributed by atoms with Crippen molar-refractivity contribution >= 4 is 6.08 Å². The second-order valence-electron chi connectivity index (χ2n) is 8.19. The quantitative estimate of drug-likeness (QED) is 0.565. The van der Waals surface area contributed by atoms with Crippen LogP contribution in [-0.4, -0.2) is 0 Å². The van der Waals surface area contributed by atoms with Crippen molar-refractivity contribution in [3.8, 4) is 0 Å². The van der Waals surface area contributed by atoms with Gasteiger partial charge in [-0.2, -0.15) is 0 Å². The molecule has 0 radical (unpaired) electrons. The minimum Gasteiger partial charge on any atom is -0.0645 e. The number of hydrogen-bond acceptors (Lipinski definition) is 0. The summed E-state index contributed by atoms with van der Waals surface area (Å²) in [6.45, 7) is 4.61. The Morgan fingerprint density at radius 1 is 1.04 bits per heavy atom. The smallest absolute Gasteiger partial charge is 0 e. The van der Waals surface area contributed by atoms with Crippen molar-refractivity contribution < 1.29 is 1.43 Å². The fourth-order valence-corrected chi connectivity index (χ4v) is 5.33. The summed E-state index contributed by atoms with van der Waals surface area (Å²) in [4.78, 5) is 0. The van der Waals surface area contributed by atoms with Crippen LogP contribution in [0.1, 0.15) is 62.7 Å². The second-order valence-corrected chi connectivity index (χ2v) is 8.19. The van der Waals surface area contributed by atoms with Gasteiger partial charge in [-0.05, 0) is 67.1 Å². The van der Waals surface area contributed by atoms with Crippen LogP contribution in [0, 0.1) is 18.3 Å². The van der Waals surface area contributed by atoms with Gasteiger partial charge in [-0.3, -0.25) is 0 Å². The average molecular weight is 333 g/mol. The maximum atomic E-state index is 2.53. The van der Waals surface area contributed by atoms with E-state index >= 15 is 0 Å². The third-order valence-corrected chi connectivity index (χ3v) is 6.85. The van der Waals surface area contributed by atoms with Gasteiger partial charge in [0.2, 0.25) is 0 Å². The number of fused-ring (bicyclic) bond motifs is 1. The van der Waals surface area contributed by atoms with E-state index in [2.05, 4.69) is 68.5 Å². The molecular weight excluding hydrogens is 300 g/mol. The van der Waals surface area contributed by atoms with E-state index < -0.39 is 0 Å². The first-order valence-electron chi connectivity index (χ1n) is 10.1. The van der Waals surface area contributed by atoms with Crippen molar-refractivity contribution in [3.63, 3.8) is 0 Å². The summed E-state index contributed by atoms with van der Waals surface area (Å²) in [7, 11) is 0. The lowest BCUT2D eigenvalue weighted by Gasteiger charge is -2.46. The predicted molar refractivity (Wildman–Crippen MR) is 110 cm³/mol. The predicted octanol–water partition coefficient (Wildman–Crippen LogP) is 7.01. The molecule has 132 valence electrons. The van der Waals surface area contributed by atoms with E-state index in [4.69, 9.17) is 0 Å². The van der Waals surface area contributed by atoms with Crippen LogP contribution in [0.25, 0.3) is 6.08 Å². The van der Waals surface area contributed by atoms with E-state index in [-0.39, 0.29) is 1.43 Å². The molecule has 0 heterocycles. The van der Waals surface area contributed by atoms with Crippen molar-refractivity contribution in [1.82, 2.24) is 0 Å². The third-order valence-electron chi connectivity index (χ3n) is 6.85. The molecule has 2 aliphatic carbocycles. The van der Waals surface area contributed by atoms with E-state index in [9.17, 15) is 0 Å². The zero-order valence-corrected chi connectivity index (χ0v) is 15.7. The number of hydrogen-bond donors (Lipinski definition) is 0. The van der Waals surface area contributed by atoms with Gasteiger partial charge in [0.1, 0.15) is 0 Å². The van der Waals surface area contributed by atoms with Crippen LogP contribution < -0.4 is 0 Å². The molecule has 0 aliphatic heterocycles. The zero-order chi connectivity index (χ0) is 17.3. The standard InChI is InChI=1S/C25H30.H2/c1-3-25(24-17-21-8-4-5-9-22(21)18-24)15-7-6-10-23(25)16-20-13-11-19(2)12-14-20;/h4-5,8-9,11-14,17,23H,3,6-7,10,15-16,18H2,1-2H3;1H/t23?,25-;/m1./s1. The van der Waals surface area contributed by atoms with Gasteiger partial charge in [-0.1, -0.05) is 85.5 Å². The van der Waals surface area contributed by atoms with E-state index in [1.165, 1.54) is 67.2 Å². The van der Waals surface area contributed by atoms with Crippen molar-refractivity contribution in [2.75, 3.05) is 0 Å². The maximum absolute atomic E-state index is 2.53. The Morgan fingerprint density at radius 3 is 2.60 bits per heavy atom. The molecule has 1 fully saturated rings. The van der Waals surface area contributed by atoms with Gasteiger partial charge in [-0.15, -0.1) is 0 Å². The highest BCUT2D eigenvalue weighted by atomic mass is 14.5. The number of allylic oxidation sites excluding steroid dienone is 1. The first-order valence-corrected chi connectivity index (χ1v) is 10.1. The molecule has 0 bridgehead atoms. The Morgan fingerprint density at radius 2 is 1.84 bits per heavy atom. The normalized spacial score (nSPS) is 25.5. The minimum atomic E-state index is 0. The molecule has 0 nitrogen and oxygen atoms in total. The Bertz CT molecular complexity index is 771. The third kappa shape index (κ3) is 3.08. The lowest BCUT2D eigenvalue weighted by molar-refractivity contribution is 0.128. The summed E-state index contributed by atoms with van der Waals surface area (Å²) in [5.74, 6) is 0.787. The van der Waals surface area contributed by atoms with E-state index in [0.29, 0.717) is 5.41 Å². The van der Waals surface area contributed by atoms with Gasteiger partial charge in [0.15, 0.2) is 0 Å². The summed E-state index contributed by atoms with van der Waals surface area (Å²) >= 11 is 0. The number of aryl methyl sites for hydroxylation is 1. The SMILES string of the molecule is CC[C@@]1(C2=Cc3ccccc3C2)CCCCC1Cc1ccc(C)cc1.[HH]. The molecular formula is C25H32. The molecule has 1 unspecified atom stereocenters. The van der Waals surface area contributed by atoms with E-state index in [0.717, 1.165) is 5.92 Å². The van der Waals surface area contributed by atoms with Gasteiger partial charge in [0, 0.05) is 1.43 Å². The van der Waals surface area contributed by atoms with Crippen LogP contribution in [0.3, 0.4) is 0 Å². The molecule has 0 amide bonds. The highest BCUT2D eigenvalue weighted by Gasteiger charge is 2.42. The van der Waals surface area contributed by atoms with E-state index in [1.807, 2.05) is 0 Å². The van der Waals surface area contributed by atoms with Crippen molar-refractivity contribution in [2.24, 2.45) is 11.3 Å². The first-order chi connectivity index (χ1) is 12.2. The molecule has 0 aromatic heterocycles. The fraction of sp³-hybridized carbons (Fsp3) is 0.440. The topological polar surface area (TPSA) is 0 Å². The molecule has 25 heavy (non-hydrogen) atoms. The Balaban J connectivity index is 0.00000196. The molecule has 2 atom stereocenters. The molecule has 2 aromatic rings. The Kier molecular flexibility index (Phi) is 4.54. The lowest BCUT2D eigenvalue weighted by Crippen LogP contribution is -2.36. The summed E-state index contributed by atoms with van der Waals surface area (Å²) in [5.41, 5.74) is 8.00. The molecule has 4 rings (SSSR count). The van der Waals surface area contributed by atoms with Crippen LogP contribution in [0.4, 0.5) is 0 Å². The van der Waals surface area contributed by atoms with Crippen LogP contribution in [-0.2, 0) is 12.8 Å². The Labute approximate surface area is 154 Å². The number of benzene rings is 2. The van der Waals surface area contributed by atoms with E-state index in [1.54, 1.807) is 5.57 Å². The van der Waals surface area contributed by atoms with Gasteiger partial charge in [0.25, 0.3) is 0 Å². The average Bonchev–Trinajstić information content (AvgIpc) is 3.09. The first kappa shape index (κ1) is 16.6. The fourth-order valence-electron chi connectivity index (χ4n) is 5.33. The van der Waals surface area contributed by atoms with Crippen molar-refractivity contribution in [2.45, 2.75) is 58.8 Å². The lowest BCUT2D eigenvalue weighted by atomic mass is 9.59. The minimum absolute atomic E-state index is 0. The van der Waals surface area contributed by atoms with Gasteiger partial charge < -0.3 is 0 Å². The Hall–Kier alpha value is -1.82. The largest absolute Gasteiger partial charge is 0.0645 e. The van der Waals surface area contributed by atoms with Crippen LogP contribution >= 0.6 is 0 Å². The summed E-state index contributed by atoms with van der Waals surface area (Å²) in [5, 5.41) is 0. The van der Waals surface area contributed by atoms with Crippen molar-refractivity contribution in [3.05, 3.63) is 76.4 Å². The molecule has 0 heteroatoms. The second kappa shape index (κ2) is 6.83. The molecule has 2 aliphatic rings. The van der Waals surface area contributed by atoms with Crippen LogP contribution in [0.2, 0.25) is 0 Å². The highest BCUT2D eigenvalue weighted by Crippen LogP contribution is 2.53. The molecule has 0 saturated heterocycles. The monoisotopic (exact) mass is 332 g/mol. The van der Waals surface area contributed by atoms with Crippen LogP contribution in [0.5, 0.6) is 0 Å². The maximum Gasteiger partial charge on any atom is 0 e.